The number of anilines is 2. The number of para-hydroxylation sites is 4. The van der Waals surface area contributed by atoms with Crippen LogP contribution in [0.4, 0.5) is 11.4 Å². The number of hydrogen-bond donors (Lipinski definition) is 1. The molecule has 4 aliphatic rings. The van der Waals surface area contributed by atoms with E-state index < -0.39 is 0 Å². The number of allylic oxidation sites excluding steroid dienone is 4. The van der Waals surface area contributed by atoms with Gasteiger partial charge in [0, 0.05) is 45.3 Å². The molecule has 0 bridgehead atoms. The van der Waals surface area contributed by atoms with Gasteiger partial charge in [-0.1, -0.05) is 60.7 Å². The molecule has 8 rings (SSSR count). The number of benzene rings is 4. The highest BCUT2D eigenvalue weighted by Gasteiger charge is 2.40. The summed E-state index contributed by atoms with van der Waals surface area (Å²) in [5, 5.41) is 6.29. The molecule has 4 heterocycles. The van der Waals surface area contributed by atoms with Crippen molar-refractivity contribution in [1.29, 1.82) is 0 Å². The highest BCUT2D eigenvalue weighted by atomic mass is 16.2. The Balaban J connectivity index is 1.49. The predicted molar refractivity (Wildman–Crippen MR) is 154 cm³/mol. The van der Waals surface area contributed by atoms with Crippen LogP contribution in [0.1, 0.15) is 27.6 Å². The van der Waals surface area contributed by atoms with Crippen molar-refractivity contribution in [3.05, 3.63) is 152 Å². The first-order valence-corrected chi connectivity index (χ1v) is 13.2. The highest BCUT2D eigenvalue weighted by molar-refractivity contribution is 6.28. The maximum absolute atomic E-state index is 14.0. The van der Waals surface area contributed by atoms with Crippen LogP contribution < -0.4 is 31.4 Å². The predicted octanol–water partition coefficient (Wildman–Crippen LogP) is 2.94. The fourth-order valence-corrected chi connectivity index (χ4v) is 6.06. The van der Waals surface area contributed by atoms with E-state index in [4.69, 9.17) is 9.98 Å². The van der Waals surface area contributed by atoms with Crippen molar-refractivity contribution in [2.75, 3.05) is 10.2 Å². The maximum Gasteiger partial charge on any atom is 0.228 e. The zero-order chi connectivity index (χ0) is 27.8. The molecule has 41 heavy (non-hydrogen) atoms. The van der Waals surface area contributed by atoms with Gasteiger partial charge in [0.1, 0.15) is 17.1 Å². The number of amides is 1. The molecule has 194 valence electrons. The van der Waals surface area contributed by atoms with Crippen LogP contribution in [-0.2, 0) is 4.79 Å². The van der Waals surface area contributed by atoms with Crippen LogP contribution in [0.3, 0.4) is 0 Å². The van der Waals surface area contributed by atoms with Crippen LogP contribution >= 0.6 is 0 Å². The standard InChI is InChI=1S/C34H20N4O3/c1-18(39)38-26-17-9-5-13-22(26)34(41)32(38)30-28(20-11-3-7-15-24(20)36-30)27-19-10-2-6-14-23(19)35-29(27)31-33(40)21-12-4-8-16-25(21)37-31/h2-17,37H,1H3/b31-29+,32-30-. The molecule has 7 nitrogen and oxygen atoms in total. The Bertz CT molecular complexity index is 2260. The SMILES string of the molecule is CC(=O)N1/C(=C2\N=c3ccccc3=C2C2=c3ccccc3=N/C2=C2/Nc3ccccc3C2=O)C(=O)c2ccccc21. The number of nitrogens with one attached hydrogen (secondary N) is 1. The lowest BCUT2D eigenvalue weighted by molar-refractivity contribution is -0.116. The molecular weight excluding hydrogens is 512 g/mol. The molecule has 1 N–H and O–H groups in total. The Morgan fingerprint density at radius 3 is 1.90 bits per heavy atom. The number of nitrogens with zero attached hydrogens (tertiary/aromatic N) is 3. The molecule has 0 aromatic heterocycles. The Kier molecular flexibility index (Phi) is 4.76. The summed E-state index contributed by atoms with van der Waals surface area (Å²) in [6, 6.07) is 29.8. The molecule has 0 radical (unpaired) electrons. The summed E-state index contributed by atoms with van der Waals surface area (Å²) in [6.45, 7) is 1.44. The van der Waals surface area contributed by atoms with Crippen LogP contribution in [-0.4, -0.2) is 17.5 Å². The molecule has 0 saturated heterocycles. The minimum absolute atomic E-state index is 0.155. The van der Waals surface area contributed by atoms with Gasteiger partial charge < -0.3 is 5.32 Å². The second-order valence-corrected chi connectivity index (χ2v) is 10.1. The van der Waals surface area contributed by atoms with E-state index in [-0.39, 0.29) is 23.2 Å². The van der Waals surface area contributed by atoms with Gasteiger partial charge in [0.15, 0.2) is 0 Å². The van der Waals surface area contributed by atoms with E-state index in [0.717, 1.165) is 16.1 Å². The molecule has 0 spiro atoms. The fraction of sp³-hybridized carbons (Fsp3) is 0.0294. The zero-order valence-corrected chi connectivity index (χ0v) is 21.8. The van der Waals surface area contributed by atoms with Gasteiger partial charge in [0.05, 0.1) is 22.1 Å². The largest absolute Gasteiger partial charge is 0.350 e. The molecule has 7 heteroatoms. The number of hydrogen-bond acceptors (Lipinski definition) is 6. The van der Waals surface area contributed by atoms with Gasteiger partial charge in [-0.2, -0.15) is 0 Å². The van der Waals surface area contributed by atoms with E-state index in [0.29, 0.717) is 55.8 Å². The summed E-state index contributed by atoms with van der Waals surface area (Å²) in [4.78, 5) is 52.0. The monoisotopic (exact) mass is 532 g/mol. The average molecular weight is 533 g/mol. The summed E-state index contributed by atoms with van der Waals surface area (Å²) >= 11 is 0. The molecule has 0 unspecified atom stereocenters. The van der Waals surface area contributed by atoms with Crippen molar-refractivity contribution >= 4 is 40.0 Å². The quantitative estimate of drug-likeness (QED) is 0.382. The lowest BCUT2D eigenvalue weighted by Crippen LogP contribution is -2.29. The zero-order valence-electron chi connectivity index (χ0n) is 21.8. The summed E-state index contributed by atoms with van der Waals surface area (Å²) in [7, 11) is 0. The molecule has 4 aromatic carbocycles. The second-order valence-electron chi connectivity index (χ2n) is 10.1. The van der Waals surface area contributed by atoms with Crippen molar-refractivity contribution in [1.82, 2.24) is 0 Å². The number of carbonyl (C=O) groups is 3. The van der Waals surface area contributed by atoms with Crippen LogP contribution in [0.5, 0.6) is 0 Å². The first kappa shape index (κ1) is 23.2. The van der Waals surface area contributed by atoms with Crippen LogP contribution in [0.15, 0.2) is 130 Å². The summed E-state index contributed by atoms with van der Waals surface area (Å²) in [6.07, 6.45) is 0. The number of rotatable bonds is 1. The van der Waals surface area contributed by atoms with Crippen molar-refractivity contribution in [3.63, 3.8) is 0 Å². The van der Waals surface area contributed by atoms with Crippen LogP contribution in [0, 0.1) is 0 Å². The Morgan fingerprint density at radius 2 is 1.22 bits per heavy atom. The topological polar surface area (TPSA) is 91.2 Å². The number of ketones is 2. The van der Waals surface area contributed by atoms with E-state index in [1.165, 1.54) is 11.8 Å². The third kappa shape index (κ3) is 3.17. The van der Waals surface area contributed by atoms with E-state index in [1.807, 2.05) is 66.7 Å². The minimum Gasteiger partial charge on any atom is -0.350 e. The molecule has 4 aromatic rings. The smallest absolute Gasteiger partial charge is 0.228 e. The fourth-order valence-electron chi connectivity index (χ4n) is 6.06. The van der Waals surface area contributed by atoms with E-state index in [9.17, 15) is 14.4 Å². The third-order valence-corrected chi connectivity index (χ3v) is 7.80. The molecule has 0 atom stereocenters. The average Bonchev–Trinajstić information content (AvgIpc) is 3.72. The molecule has 0 fully saturated rings. The maximum atomic E-state index is 14.0. The second kappa shape index (κ2) is 8.40. The molecule has 0 saturated carbocycles. The highest BCUT2D eigenvalue weighted by Crippen LogP contribution is 2.42. The van der Waals surface area contributed by atoms with Gasteiger partial charge in [0.25, 0.3) is 0 Å². The van der Waals surface area contributed by atoms with Gasteiger partial charge in [0.2, 0.25) is 17.5 Å². The van der Waals surface area contributed by atoms with E-state index in [2.05, 4.69) is 5.32 Å². The number of fused-ring (bicyclic) bond motifs is 4. The normalized spacial score (nSPS) is 19.9. The van der Waals surface area contributed by atoms with Crippen LogP contribution in [0.25, 0.3) is 11.1 Å². The van der Waals surface area contributed by atoms with Crippen molar-refractivity contribution in [2.45, 2.75) is 6.92 Å². The van der Waals surface area contributed by atoms with Crippen molar-refractivity contribution < 1.29 is 14.4 Å². The molecule has 4 aliphatic heterocycles. The minimum atomic E-state index is -0.292. The first-order valence-electron chi connectivity index (χ1n) is 13.2. The van der Waals surface area contributed by atoms with Crippen LogP contribution in [0.2, 0.25) is 0 Å². The van der Waals surface area contributed by atoms with Gasteiger partial charge in [-0.3, -0.25) is 19.3 Å². The summed E-state index contributed by atoms with van der Waals surface area (Å²) in [5.41, 5.74) is 5.02. The van der Waals surface area contributed by atoms with Gasteiger partial charge in [-0.25, -0.2) is 9.98 Å². The molecular formula is C34H20N4O3. The Labute approximate surface area is 233 Å². The van der Waals surface area contributed by atoms with Gasteiger partial charge >= 0.3 is 0 Å². The first-order chi connectivity index (χ1) is 20.0. The van der Waals surface area contributed by atoms with Crippen molar-refractivity contribution in [2.24, 2.45) is 9.98 Å². The summed E-state index contributed by atoms with van der Waals surface area (Å²) < 4.78 is 0. The summed E-state index contributed by atoms with van der Waals surface area (Å²) in [5.74, 6) is -0.725. The molecule has 0 aliphatic carbocycles. The number of carbonyl (C=O) groups excluding carboxylic acids is 3. The lowest BCUT2D eigenvalue weighted by atomic mass is 9.94. The van der Waals surface area contributed by atoms with Crippen molar-refractivity contribution in [3.8, 4) is 0 Å². The van der Waals surface area contributed by atoms with Gasteiger partial charge in [-0.15, -0.1) is 0 Å². The molecule has 1 amide bonds. The third-order valence-electron chi connectivity index (χ3n) is 7.80. The van der Waals surface area contributed by atoms with E-state index >= 15 is 0 Å². The lowest BCUT2D eigenvalue weighted by Gasteiger charge is -2.19. The Hall–Kier alpha value is -5.69. The number of Topliss-reactive ketones (excluding diaryl/α,β-unsaturated/α-hetero) is 2. The Morgan fingerprint density at radius 1 is 0.659 bits per heavy atom. The van der Waals surface area contributed by atoms with Gasteiger partial charge in [-0.05, 0) is 36.4 Å². The van der Waals surface area contributed by atoms with E-state index in [1.54, 1.807) is 30.3 Å².